The molecule has 1 saturated heterocycles. The van der Waals surface area contributed by atoms with E-state index in [1.165, 1.54) is 31.0 Å². The Morgan fingerprint density at radius 3 is 2.05 bits per heavy atom. The van der Waals surface area contributed by atoms with Gasteiger partial charge in [0.25, 0.3) is 0 Å². The van der Waals surface area contributed by atoms with Crippen LogP contribution in [-0.4, -0.2) is 20.1 Å². The molecule has 0 aromatic carbocycles. The van der Waals surface area contributed by atoms with Crippen LogP contribution in [0.4, 0.5) is 0 Å². The molecule has 0 aromatic heterocycles. The van der Waals surface area contributed by atoms with Gasteiger partial charge >= 0.3 is 93.6 Å². The van der Waals surface area contributed by atoms with Gasteiger partial charge < -0.3 is 3.79 Å². The van der Waals surface area contributed by atoms with Crippen molar-refractivity contribution in [2.75, 3.05) is 0 Å². The second kappa shape index (κ2) is 8.10. The molecule has 3 heteroatoms. The van der Waals surface area contributed by atoms with E-state index in [9.17, 15) is 0 Å². The van der Waals surface area contributed by atoms with Crippen LogP contribution in [-0.2, 0) is 27.0 Å². The van der Waals surface area contributed by atoms with Gasteiger partial charge in [-0.15, -0.1) is 0 Å². The van der Waals surface area contributed by atoms with Crippen molar-refractivity contribution in [3.63, 3.8) is 0 Å². The van der Waals surface area contributed by atoms with Crippen molar-refractivity contribution in [1.82, 2.24) is 0 Å². The maximum absolute atomic E-state index is 5.81. The van der Waals surface area contributed by atoms with E-state index >= 15 is 0 Å². The molecule has 0 atom stereocenters. The largest absolute Gasteiger partial charge is 0.496 e. The molecule has 1 nitrogen and oxygen atoms in total. The van der Waals surface area contributed by atoms with Crippen LogP contribution in [0.3, 0.4) is 0 Å². The topological polar surface area (TPSA) is 9.23 Å². The molecule has 0 aromatic rings. The van der Waals surface area contributed by atoms with E-state index in [4.69, 9.17) is 3.79 Å². The van der Waals surface area contributed by atoms with Crippen molar-refractivity contribution in [1.29, 1.82) is 0 Å². The van der Waals surface area contributed by atoms with E-state index in [2.05, 4.69) is 56.1 Å². The summed E-state index contributed by atoms with van der Waals surface area (Å²) in [5.74, 6) is 2.29. The molecule has 3 aliphatic rings. The molecule has 1 fully saturated rings. The summed E-state index contributed by atoms with van der Waals surface area (Å²) < 4.78 is 9.26. The summed E-state index contributed by atoms with van der Waals surface area (Å²) >= 11 is -1.03. The van der Waals surface area contributed by atoms with Gasteiger partial charge in [-0.25, -0.2) is 0 Å². The Bertz CT molecular complexity index is 418. The maximum atomic E-state index is 5.81. The summed E-state index contributed by atoms with van der Waals surface area (Å²) in [6.07, 6.45) is 18.7. The Labute approximate surface area is 140 Å². The molecule has 0 bridgehead atoms. The molecule has 0 saturated carbocycles. The molecule has 0 unspecified atom stereocenters. The van der Waals surface area contributed by atoms with Crippen LogP contribution in [0.1, 0.15) is 39.5 Å². The minimum Gasteiger partial charge on any atom is -0.496 e. The Morgan fingerprint density at radius 2 is 1.70 bits per heavy atom. The van der Waals surface area contributed by atoms with Crippen molar-refractivity contribution in [2.24, 2.45) is 0 Å². The second-order valence-electron chi connectivity index (χ2n) is 6.35. The average molecular weight is 364 g/mol. The van der Waals surface area contributed by atoms with Crippen LogP contribution in [0.2, 0.25) is 11.1 Å². The van der Waals surface area contributed by atoms with Gasteiger partial charge in [-0.05, 0) is 20.3 Å². The third kappa shape index (κ3) is 5.99. The zero-order valence-electron chi connectivity index (χ0n) is 13.0. The third-order valence-corrected chi connectivity index (χ3v) is 9.44. The maximum Gasteiger partial charge on any atom is 0.457 e. The van der Waals surface area contributed by atoms with Crippen molar-refractivity contribution >= 4 is 14.5 Å². The van der Waals surface area contributed by atoms with Crippen LogP contribution >= 0.6 is 0 Å². The fourth-order valence-electron chi connectivity index (χ4n) is 2.76. The first-order chi connectivity index (χ1) is 9.55. The smallest absolute Gasteiger partial charge is 0.457 e. The van der Waals surface area contributed by atoms with E-state index in [-0.39, 0.29) is 28.8 Å². The molecule has 0 radical (unpaired) electrons. The molecule has 1 aliphatic heterocycles. The number of hydrogen-bond acceptors (Lipinski definition) is 1. The quantitative estimate of drug-likeness (QED) is 0.631. The first-order valence-electron chi connectivity index (χ1n) is 7.71. The molecule has 106 valence electrons. The Balaban J connectivity index is 0.000000151. The van der Waals surface area contributed by atoms with Crippen LogP contribution in [0.15, 0.2) is 43.0 Å². The van der Waals surface area contributed by atoms with Gasteiger partial charge in [0.1, 0.15) is 0 Å². The molecule has 0 N–H and O–H groups in total. The molecule has 0 spiro atoms. The van der Waals surface area contributed by atoms with Gasteiger partial charge in [-0.2, -0.15) is 0 Å². The fraction of sp³-hybridized carbons (Fsp3) is 0.529. The predicted octanol–water partition coefficient (Wildman–Crippen LogP) is 4.95. The Hall–Kier alpha value is 0.336. The summed E-state index contributed by atoms with van der Waals surface area (Å²) in [6, 6.07) is 0. The molecule has 3 rings (SSSR count). The third-order valence-electron chi connectivity index (χ3n) is 3.77. The number of allylic oxidation sites excluding steroid dienone is 8. The van der Waals surface area contributed by atoms with Crippen molar-refractivity contribution in [3.05, 3.63) is 43.0 Å². The van der Waals surface area contributed by atoms with Crippen molar-refractivity contribution in [2.45, 2.75) is 56.2 Å². The van der Waals surface area contributed by atoms with E-state index in [0.717, 1.165) is 0 Å². The predicted molar refractivity (Wildman–Crippen MR) is 84.5 cm³/mol. The minimum atomic E-state index is -0.720. The summed E-state index contributed by atoms with van der Waals surface area (Å²) in [4.78, 5) is 0. The van der Waals surface area contributed by atoms with E-state index in [0.29, 0.717) is 0 Å². The standard InChI is InChI=1S/C6H12O.2C5H5.CH3.Al.Zr/c1-4-5-6(2,3)7;2*1-2-4-5-3-1;;;/h1,4-5H2,2-3H3;2*1-3H,4H2;1H3;;/q-1;;;;+1;. The zero-order valence-corrected chi connectivity index (χ0v) is 16.6. The molecular weight excluding hydrogens is 338 g/mol. The van der Waals surface area contributed by atoms with Gasteiger partial charge in [0.05, 0.1) is 0 Å². The molecule has 1 heterocycles. The summed E-state index contributed by atoms with van der Waals surface area (Å²) in [6.45, 7) is 4.41. The number of rotatable bonds is 2. The normalized spacial score (nSPS) is 23.1. The average Bonchev–Trinajstić information content (AvgIpc) is 3.02. The van der Waals surface area contributed by atoms with Gasteiger partial charge in [0.15, 0.2) is 0 Å². The van der Waals surface area contributed by atoms with E-state index in [1.54, 1.807) is 6.56 Å². The molecule has 2 aliphatic carbocycles. The summed E-state index contributed by atoms with van der Waals surface area (Å²) in [5.41, 5.74) is 0.212. The fourth-order valence-corrected chi connectivity index (χ4v) is 7.85. The summed E-state index contributed by atoms with van der Waals surface area (Å²) in [5, 5.41) is 1.38. The molecule has 0 amide bonds. The first-order valence-corrected chi connectivity index (χ1v) is 12.6. The van der Waals surface area contributed by atoms with Crippen LogP contribution in [0.5, 0.6) is 0 Å². The Kier molecular flexibility index (Phi) is 6.76. The van der Waals surface area contributed by atoms with Crippen LogP contribution in [0.25, 0.3) is 0 Å². The van der Waals surface area contributed by atoms with Gasteiger partial charge in [0, 0.05) is 5.60 Å². The number of hydrogen-bond donors (Lipinski definition) is 0. The van der Waals surface area contributed by atoms with E-state index in [1.807, 2.05) is 0 Å². The van der Waals surface area contributed by atoms with Gasteiger partial charge in [0.2, 0.25) is 0 Å². The van der Waals surface area contributed by atoms with Crippen LogP contribution in [0, 0.1) is 0 Å². The SMILES string of the molecule is C1=CC[C]([Zr][C]2=CC=CC2)=C1.[CH3][Al]1[CH2]CCC(C)(C)[O]1. The van der Waals surface area contributed by atoms with Gasteiger partial charge in [-0.3, -0.25) is 0 Å². The molecular formula is C17H25AlOZr. The minimum absolute atomic E-state index is 0.212. The van der Waals surface area contributed by atoms with Crippen molar-refractivity contribution in [3.8, 4) is 0 Å². The van der Waals surface area contributed by atoms with Gasteiger partial charge in [-0.1, -0.05) is 17.5 Å². The first kappa shape index (κ1) is 16.7. The second-order valence-corrected chi connectivity index (χ2v) is 12.6. The zero-order chi connectivity index (χ0) is 14.4. The molecule has 20 heavy (non-hydrogen) atoms. The van der Waals surface area contributed by atoms with E-state index < -0.39 is 14.5 Å². The van der Waals surface area contributed by atoms with Crippen molar-refractivity contribution < 1.29 is 27.0 Å². The monoisotopic (exact) mass is 362 g/mol. The van der Waals surface area contributed by atoms with Crippen LogP contribution < -0.4 is 0 Å². The Morgan fingerprint density at radius 1 is 1.10 bits per heavy atom. The summed E-state index contributed by atoms with van der Waals surface area (Å²) in [7, 11) is 0.